The fraction of sp³-hybridized carbons (Fsp3) is 0.304. The van der Waals surface area contributed by atoms with Crippen molar-refractivity contribution < 1.29 is 9.21 Å². The number of furan rings is 1. The minimum atomic E-state index is -0.0692. The Kier molecular flexibility index (Phi) is 7.28. The van der Waals surface area contributed by atoms with Gasteiger partial charge in [-0.15, -0.1) is 0 Å². The van der Waals surface area contributed by atoms with Gasteiger partial charge in [-0.3, -0.25) is 9.79 Å². The van der Waals surface area contributed by atoms with Crippen LogP contribution < -0.4 is 16.0 Å². The van der Waals surface area contributed by atoms with Gasteiger partial charge in [0, 0.05) is 44.1 Å². The van der Waals surface area contributed by atoms with Crippen LogP contribution in [0.5, 0.6) is 0 Å². The van der Waals surface area contributed by atoms with Crippen LogP contribution in [0.1, 0.15) is 28.6 Å². The summed E-state index contributed by atoms with van der Waals surface area (Å²) in [7, 11) is 1.64. The molecule has 0 bridgehead atoms. The second-order valence-electron chi connectivity index (χ2n) is 6.72. The van der Waals surface area contributed by atoms with Crippen molar-refractivity contribution in [2.24, 2.45) is 4.99 Å². The number of carbonyl (C=O) groups is 1. The third-order valence-electron chi connectivity index (χ3n) is 4.57. The Labute approximate surface area is 171 Å². The summed E-state index contributed by atoms with van der Waals surface area (Å²) in [5.74, 6) is 1.66. The molecule has 0 saturated carbocycles. The van der Waals surface area contributed by atoms with Crippen LogP contribution in [0, 0.1) is 0 Å². The van der Waals surface area contributed by atoms with Gasteiger partial charge in [-0.05, 0) is 43.2 Å². The Hall–Kier alpha value is -3.28. The van der Waals surface area contributed by atoms with Crippen LogP contribution in [0.4, 0.5) is 0 Å². The molecule has 3 rings (SSSR count). The Morgan fingerprint density at radius 1 is 1.03 bits per heavy atom. The molecule has 2 aromatic carbocycles. The van der Waals surface area contributed by atoms with Crippen molar-refractivity contribution in [3.05, 3.63) is 71.5 Å². The number of amides is 1. The molecule has 0 spiro atoms. The van der Waals surface area contributed by atoms with E-state index in [1.54, 1.807) is 7.05 Å². The van der Waals surface area contributed by atoms with Gasteiger partial charge in [-0.25, -0.2) is 0 Å². The van der Waals surface area contributed by atoms with Gasteiger partial charge in [0.2, 0.25) is 0 Å². The summed E-state index contributed by atoms with van der Waals surface area (Å²) in [5, 5.41) is 10.4. The Bertz CT molecular complexity index is 945. The highest BCUT2D eigenvalue weighted by atomic mass is 16.3. The molecule has 0 saturated heterocycles. The molecule has 6 heteroatoms. The van der Waals surface area contributed by atoms with E-state index in [2.05, 4.69) is 33.1 Å². The van der Waals surface area contributed by atoms with E-state index in [1.807, 2.05) is 49.4 Å². The van der Waals surface area contributed by atoms with Gasteiger partial charge >= 0.3 is 0 Å². The lowest BCUT2D eigenvalue weighted by molar-refractivity contribution is 0.0963. The highest BCUT2D eigenvalue weighted by Gasteiger charge is 2.05. The molecule has 0 aliphatic carbocycles. The quantitative estimate of drug-likeness (QED) is 0.407. The van der Waals surface area contributed by atoms with Crippen molar-refractivity contribution in [1.29, 1.82) is 0 Å². The SMILES string of the molecule is CCNC(=NCCc1cc2ccccc2o1)NCCc1cccc(C(=O)NC)c1. The molecule has 1 amide bonds. The van der Waals surface area contributed by atoms with E-state index >= 15 is 0 Å². The summed E-state index contributed by atoms with van der Waals surface area (Å²) in [5.41, 5.74) is 2.70. The van der Waals surface area contributed by atoms with Crippen molar-refractivity contribution >= 4 is 22.8 Å². The molecule has 0 fully saturated rings. The van der Waals surface area contributed by atoms with Crippen molar-refractivity contribution in [1.82, 2.24) is 16.0 Å². The number of rotatable bonds is 8. The number of hydrogen-bond donors (Lipinski definition) is 3. The van der Waals surface area contributed by atoms with E-state index < -0.39 is 0 Å². The van der Waals surface area contributed by atoms with Gasteiger partial charge in [0.15, 0.2) is 5.96 Å². The summed E-state index contributed by atoms with van der Waals surface area (Å²) in [6, 6.07) is 17.8. The largest absolute Gasteiger partial charge is 0.461 e. The van der Waals surface area contributed by atoms with E-state index in [1.165, 1.54) is 0 Å². The molecular formula is C23H28N4O2. The first-order valence-electron chi connectivity index (χ1n) is 10.00. The molecule has 3 N–H and O–H groups in total. The van der Waals surface area contributed by atoms with Crippen LogP contribution in [-0.4, -0.2) is 38.5 Å². The number of benzene rings is 2. The lowest BCUT2D eigenvalue weighted by Gasteiger charge is -2.11. The van der Waals surface area contributed by atoms with Crippen molar-refractivity contribution in [3.63, 3.8) is 0 Å². The maximum absolute atomic E-state index is 11.8. The number of carbonyl (C=O) groups excluding carboxylic acids is 1. The normalized spacial score (nSPS) is 11.4. The van der Waals surface area contributed by atoms with E-state index in [9.17, 15) is 4.79 Å². The summed E-state index contributed by atoms with van der Waals surface area (Å²) < 4.78 is 5.85. The lowest BCUT2D eigenvalue weighted by Crippen LogP contribution is -2.38. The molecule has 0 aliphatic heterocycles. The summed E-state index contributed by atoms with van der Waals surface area (Å²) >= 11 is 0. The second-order valence-corrected chi connectivity index (χ2v) is 6.72. The molecule has 0 radical (unpaired) electrons. The molecule has 0 unspecified atom stereocenters. The predicted octanol–water partition coefficient (Wildman–Crippen LogP) is 3.13. The summed E-state index contributed by atoms with van der Waals surface area (Å²) in [6.45, 7) is 4.21. The van der Waals surface area contributed by atoms with Crippen molar-refractivity contribution in [2.75, 3.05) is 26.7 Å². The first-order valence-corrected chi connectivity index (χ1v) is 10.00. The number of hydrogen-bond acceptors (Lipinski definition) is 3. The molecule has 0 atom stereocenters. The number of nitrogens with one attached hydrogen (secondary N) is 3. The monoisotopic (exact) mass is 392 g/mol. The first-order chi connectivity index (χ1) is 14.2. The Morgan fingerprint density at radius 2 is 1.90 bits per heavy atom. The van der Waals surface area contributed by atoms with E-state index in [0.717, 1.165) is 54.2 Å². The molecule has 1 heterocycles. The Balaban J connectivity index is 1.52. The van der Waals surface area contributed by atoms with Crippen LogP contribution in [0.25, 0.3) is 11.0 Å². The van der Waals surface area contributed by atoms with Crippen LogP contribution in [-0.2, 0) is 12.8 Å². The van der Waals surface area contributed by atoms with Gasteiger partial charge < -0.3 is 20.4 Å². The zero-order valence-corrected chi connectivity index (χ0v) is 17.0. The highest BCUT2D eigenvalue weighted by Crippen LogP contribution is 2.18. The zero-order valence-electron chi connectivity index (χ0n) is 17.0. The first kappa shape index (κ1) is 20.5. The van der Waals surface area contributed by atoms with Crippen molar-refractivity contribution in [3.8, 4) is 0 Å². The van der Waals surface area contributed by atoms with Gasteiger partial charge in [0.05, 0.1) is 0 Å². The molecule has 1 aromatic heterocycles. The molecule has 3 aromatic rings. The molecular weight excluding hydrogens is 364 g/mol. The maximum atomic E-state index is 11.8. The molecule has 0 aliphatic rings. The zero-order chi connectivity index (χ0) is 20.5. The third-order valence-corrected chi connectivity index (χ3v) is 4.57. The van der Waals surface area contributed by atoms with E-state index in [0.29, 0.717) is 12.1 Å². The number of guanidine groups is 1. The standard InChI is InChI=1S/C23H28N4O2/c1-3-25-23(26-13-11-17-7-6-9-19(15-17)22(28)24-2)27-14-12-20-16-18-8-4-5-10-21(18)29-20/h4-10,15-16H,3,11-14H2,1-2H3,(H,24,28)(H2,25,26,27). The van der Waals surface area contributed by atoms with Gasteiger partial charge in [0.1, 0.15) is 11.3 Å². The van der Waals surface area contributed by atoms with Crippen LogP contribution >= 0.6 is 0 Å². The predicted molar refractivity (Wildman–Crippen MR) is 117 cm³/mol. The van der Waals surface area contributed by atoms with Crippen LogP contribution in [0.3, 0.4) is 0 Å². The fourth-order valence-corrected chi connectivity index (χ4v) is 3.12. The average Bonchev–Trinajstić information content (AvgIpc) is 3.16. The highest BCUT2D eigenvalue weighted by molar-refractivity contribution is 5.94. The van der Waals surface area contributed by atoms with Crippen LogP contribution in [0.15, 0.2) is 64.0 Å². The number of nitrogens with zero attached hydrogens (tertiary/aromatic N) is 1. The third kappa shape index (κ3) is 5.85. The summed E-state index contributed by atoms with van der Waals surface area (Å²) in [6.07, 6.45) is 1.55. The van der Waals surface area contributed by atoms with Crippen molar-refractivity contribution in [2.45, 2.75) is 19.8 Å². The average molecular weight is 393 g/mol. The maximum Gasteiger partial charge on any atom is 0.251 e. The number of fused-ring (bicyclic) bond motifs is 1. The summed E-state index contributed by atoms with van der Waals surface area (Å²) in [4.78, 5) is 16.4. The molecule has 6 nitrogen and oxygen atoms in total. The van der Waals surface area contributed by atoms with Gasteiger partial charge in [-0.1, -0.05) is 30.3 Å². The molecule has 152 valence electrons. The van der Waals surface area contributed by atoms with Crippen LogP contribution in [0.2, 0.25) is 0 Å². The van der Waals surface area contributed by atoms with E-state index in [4.69, 9.17) is 4.42 Å². The lowest BCUT2D eigenvalue weighted by atomic mass is 10.1. The smallest absolute Gasteiger partial charge is 0.251 e. The number of aliphatic imine (C=N–C) groups is 1. The Morgan fingerprint density at radius 3 is 2.69 bits per heavy atom. The minimum Gasteiger partial charge on any atom is -0.461 e. The van der Waals surface area contributed by atoms with Gasteiger partial charge in [0.25, 0.3) is 5.91 Å². The molecule has 29 heavy (non-hydrogen) atoms. The topological polar surface area (TPSA) is 78.7 Å². The fourth-order valence-electron chi connectivity index (χ4n) is 3.12. The number of para-hydroxylation sites is 1. The second kappa shape index (κ2) is 10.3. The minimum absolute atomic E-state index is 0.0692. The van der Waals surface area contributed by atoms with Gasteiger partial charge in [-0.2, -0.15) is 0 Å². The van der Waals surface area contributed by atoms with E-state index in [-0.39, 0.29) is 5.91 Å².